The second kappa shape index (κ2) is 11.5. The maximum absolute atomic E-state index is 13.2. The topological polar surface area (TPSA) is 49.4 Å². The Hall–Kier alpha value is -2.62. The Morgan fingerprint density at radius 2 is 1.43 bits per heavy atom. The van der Waals surface area contributed by atoms with Crippen LogP contribution in [0.15, 0.2) is 48.5 Å². The number of hydrogen-bond donors (Lipinski definition) is 1. The van der Waals surface area contributed by atoms with Gasteiger partial charge in [0.15, 0.2) is 0 Å². The van der Waals surface area contributed by atoms with Crippen molar-refractivity contribution in [3.05, 3.63) is 70.8 Å². The Balaban J connectivity index is 2.17. The van der Waals surface area contributed by atoms with E-state index in [1.165, 1.54) is 11.1 Å². The van der Waals surface area contributed by atoms with Gasteiger partial charge in [-0.05, 0) is 43.7 Å². The number of rotatable bonds is 10. The highest BCUT2D eigenvalue weighted by atomic mass is 16.2. The molecule has 1 unspecified atom stereocenters. The van der Waals surface area contributed by atoms with Crippen molar-refractivity contribution >= 4 is 11.8 Å². The molecule has 2 amide bonds. The molecule has 0 aliphatic carbocycles. The van der Waals surface area contributed by atoms with Crippen molar-refractivity contribution in [3.8, 4) is 0 Å². The fourth-order valence-corrected chi connectivity index (χ4v) is 3.38. The van der Waals surface area contributed by atoms with E-state index in [4.69, 9.17) is 0 Å². The zero-order valence-electron chi connectivity index (χ0n) is 19.1. The highest BCUT2D eigenvalue weighted by molar-refractivity contribution is 5.87. The Morgan fingerprint density at radius 1 is 0.900 bits per heavy atom. The van der Waals surface area contributed by atoms with Gasteiger partial charge in [0.25, 0.3) is 0 Å². The van der Waals surface area contributed by atoms with Crippen LogP contribution in [0.1, 0.15) is 55.9 Å². The molecule has 2 aromatic rings. The van der Waals surface area contributed by atoms with Crippen LogP contribution in [-0.4, -0.2) is 29.3 Å². The van der Waals surface area contributed by atoms with E-state index in [9.17, 15) is 9.59 Å². The van der Waals surface area contributed by atoms with Crippen LogP contribution in [0.25, 0.3) is 0 Å². The number of amides is 2. The standard InChI is InChI=1S/C26H36N2O2/c1-6-24(26(30)27-17-19(2)3)28(18-23-13-9-21(5)10-14-23)25(29)16-15-22-11-7-20(4)8-12-22/h7-14,19,24H,6,15-18H2,1-5H3,(H,27,30). The van der Waals surface area contributed by atoms with E-state index >= 15 is 0 Å². The Bertz CT molecular complexity index is 810. The molecule has 2 aromatic carbocycles. The molecular formula is C26H36N2O2. The SMILES string of the molecule is CCC(C(=O)NCC(C)C)N(Cc1ccc(C)cc1)C(=O)CCc1ccc(C)cc1. The lowest BCUT2D eigenvalue weighted by molar-refractivity contribution is -0.141. The summed E-state index contributed by atoms with van der Waals surface area (Å²) in [5.41, 5.74) is 4.57. The average Bonchev–Trinajstić information content (AvgIpc) is 2.72. The van der Waals surface area contributed by atoms with Crippen molar-refractivity contribution in [2.75, 3.05) is 6.54 Å². The first-order chi connectivity index (χ1) is 14.3. The van der Waals surface area contributed by atoms with Crippen molar-refractivity contribution < 1.29 is 9.59 Å². The summed E-state index contributed by atoms with van der Waals surface area (Å²) >= 11 is 0. The largest absolute Gasteiger partial charge is 0.354 e. The van der Waals surface area contributed by atoms with Crippen LogP contribution in [0.5, 0.6) is 0 Å². The van der Waals surface area contributed by atoms with Gasteiger partial charge in [-0.3, -0.25) is 9.59 Å². The van der Waals surface area contributed by atoms with Crippen LogP contribution in [0.3, 0.4) is 0 Å². The summed E-state index contributed by atoms with van der Waals surface area (Å²) in [6, 6.07) is 16.0. The molecule has 0 saturated heterocycles. The summed E-state index contributed by atoms with van der Waals surface area (Å²) < 4.78 is 0. The summed E-state index contributed by atoms with van der Waals surface area (Å²) in [6.45, 7) is 11.3. The molecule has 0 spiro atoms. The van der Waals surface area contributed by atoms with Crippen molar-refractivity contribution in [2.24, 2.45) is 5.92 Å². The first-order valence-corrected chi connectivity index (χ1v) is 11.0. The number of hydrogen-bond acceptors (Lipinski definition) is 2. The molecule has 4 nitrogen and oxygen atoms in total. The van der Waals surface area contributed by atoms with Crippen molar-refractivity contribution in [2.45, 2.75) is 66.5 Å². The van der Waals surface area contributed by atoms with Crippen molar-refractivity contribution in [3.63, 3.8) is 0 Å². The lowest BCUT2D eigenvalue weighted by atomic mass is 10.0. The van der Waals surface area contributed by atoms with Gasteiger partial charge in [-0.15, -0.1) is 0 Å². The van der Waals surface area contributed by atoms with Gasteiger partial charge in [-0.25, -0.2) is 0 Å². The molecule has 1 N–H and O–H groups in total. The second-order valence-electron chi connectivity index (χ2n) is 8.56. The zero-order valence-corrected chi connectivity index (χ0v) is 19.1. The Labute approximate surface area is 181 Å². The number of carbonyl (C=O) groups excluding carboxylic acids is 2. The highest BCUT2D eigenvalue weighted by Gasteiger charge is 2.28. The summed E-state index contributed by atoms with van der Waals surface area (Å²) in [7, 11) is 0. The Kier molecular flexibility index (Phi) is 9.10. The van der Waals surface area contributed by atoms with Crippen molar-refractivity contribution in [1.29, 1.82) is 0 Å². The third kappa shape index (κ3) is 7.33. The summed E-state index contributed by atoms with van der Waals surface area (Å²) in [4.78, 5) is 27.9. The summed E-state index contributed by atoms with van der Waals surface area (Å²) in [6.07, 6.45) is 1.66. The quantitative estimate of drug-likeness (QED) is 0.613. The van der Waals surface area contributed by atoms with Gasteiger partial charge in [-0.2, -0.15) is 0 Å². The highest BCUT2D eigenvalue weighted by Crippen LogP contribution is 2.16. The van der Waals surface area contributed by atoms with E-state index in [1.807, 2.05) is 38.1 Å². The predicted molar refractivity (Wildman–Crippen MR) is 123 cm³/mol. The molecule has 162 valence electrons. The minimum Gasteiger partial charge on any atom is -0.354 e. The van der Waals surface area contributed by atoms with Gasteiger partial charge in [-0.1, -0.05) is 80.4 Å². The first-order valence-electron chi connectivity index (χ1n) is 11.0. The molecule has 0 bridgehead atoms. The molecule has 2 rings (SSSR count). The molecule has 0 aliphatic heterocycles. The number of benzene rings is 2. The lowest BCUT2D eigenvalue weighted by Crippen LogP contribution is -2.49. The minimum atomic E-state index is -0.462. The zero-order chi connectivity index (χ0) is 22.1. The van der Waals surface area contributed by atoms with Crippen LogP contribution in [0, 0.1) is 19.8 Å². The number of nitrogens with one attached hydrogen (secondary N) is 1. The van der Waals surface area contributed by atoms with E-state index in [0.29, 0.717) is 38.3 Å². The number of carbonyl (C=O) groups is 2. The predicted octanol–water partition coefficient (Wildman–Crippen LogP) is 4.82. The van der Waals surface area contributed by atoms with Crippen LogP contribution < -0.4 is 5.32 Å². The average molecular weight is 409 g/mol. The number of nitrogens with zero attached hydrogens (tertiary/aromatic N) is 1. The smallest absolute Gasteiger partial charge is 0.242 e. The molecule has 0 saturated carbocycles. The monoisotopic (exact) mass is 408 g/mol. The van der Waals surface area contributed by atoms with Gasteiger partial charge in [0.1, 0.15) is 6.04 Å². The van der Waals surface area contributed by atoms with Crippen LogP contribution in [0.2, 0.25) is 0 Å². The third-order valence-corrected chi connectivity index (χ3v) is 5.29. The summed E-state index contributed by atoms with van der Waals surface area (Å²) in [5.74, 6) is 0.318. The van der Waals surface area contributed by atoms with Gasteiger partial charge >= 0.3 is 0 Å². The second-order valence-corrected chi connectivity index (χ2v) is 8.56. The maximum atomic E-state index is 13.2. The Morgan fingerprint density at radius 3 is 1.93 bits per heavy atom. The fourth-order valence-electron chi connectivity index (χ4n) is 3.38. The lowest BCUT2D eigenvalue weighted by Gasteiger charge is -2.31. The molecule has 0 radical (unpaired) electrons. The number of aryl methyl sites for hydroxylation is 3. The van der Waals surface area contributed by atoms with E-state index in [1.54, 1.807) is 4.90 Å². The molecule has 1 atom stereocenters. The molecular weight excluding hydrogens is 372 g/mol. The molecule has 30 heavy (non-hydrogen) atoms. The van der Waals surface area contributed by atoms with Crippen molar-refractivity contribution in [1.82, 2.24) is 10.2 Å². The molecule has 0 heterocycles. The fraction of sp³-hybridized carbons (Fsp3) is 0.462. The van der Waals surface area contributed by atoms with E-state index in [-0.39, 0.29) is 11.8 Å². The van der Waals surface area contributed by atoms with E-state index < -0.39 is 6.04 Å². The van der Waals surface area contributed by atoms with E-state index in [2.05, 4.69) is 50.4 Å². The van der Waals surface area contributed by atoms with Gasteiger partial charge in [0.2, 0.25) is 11.8 Å². The van der Waals surface area contributed by atoms with Gasteiger partial charge in [0.05, 0.1) is 0 Å². The first kappa shape index (κ1) is 23.7. The van der Waals surface area contributed by atoms with Crippen LogP contribution in [0.4, 0.5) is 0 Å². The molecule has 0 fully saturated rings. The summed E-state index contributed by atoms with van der Waals surface area (Å²) in [5, 5.41) is 3.01. The van der Waals surface area contributed by atoms with Crippen LogP contribution in [-0.2, 0) is 22.6 Å². The van der Waals surface area contributed by atoms with E-state index in [0.717, 1.165) is 11.1 Å². The maximum Gasteiger partial charge on any atom is 0.242 e. The molecule has 0 aromatic heterocycles. The normalized spacial score (nSPS) is 11.9. The minimum absolute atomic E-state index is 0.0164. The molecule has 0 aliphatic rings. The van der Waals surface area contributed by atoms with Crippen LogP contribution >= 0.6 is 0 Å². The van der Waals surface area contributed by atoms with Gasteiger partial charge < -0.3 is 10.2 Å². The third-order valence-electron chi connectivity index (χ3n) is 5.29. The molecule has 4 heteroatoms. The van der Waals surface area contributed by atoms with Gasteiger partial charge in [0, 0.05) is 19.5 Å².